The second-order valence-electron chi connectivity index (χ2n) is 6.14. The predicted octanol–water partition coefficient (Wildman–Crippen LogP) is 4.64. The Morgan fingerprint density at radius 2 is 1.85 bits per heavy atom. The van der Waals surface area contributed by atoms with Crippen LogP contribution in [0.3, 0.4) is 0 Å². The van der Waals surface area contributed by atoms with Gasteiger partial charge in [-0.15, -0.1) is 0 Å². The van der Waals surface area contributed by atoms with Crippen molar-refractivity contribution in [3.05, 3.63) is 65.2 Å². The highest BCUT2D eigenvalue weighted by Crippen LogP contribution is 2.25. The minimum atomic E-state index is -0.147. The molecule has 0 unspecified atom stereocenters. The van der Waals surface area contributed by atoms with Gasteiger partial charge in [-0.3, -0.25) is 0 Å². The fraction of sp³-hybridized carbons (Fsp3) is 0.200. The average Bonchev–Trinajstić information content (AvgIpc) is 2.65. The summed E-state index contributed by atoms with van der Waals surface area (Å²) in [6, 6.07) is 17.4. The summed E-state index contributed by atoms with van der Waals surface area (Å²) in [6.45, 7) is 3.82. The van der Waals surface area contributed by atoms with E-state index >= 15 is 0 Å². The Hall–Kier alpha value is -2.63. The van der Waals surface area contributed by atoms with Crippen molar-refractivity contribution in [1.29, 1.82) is 0 Å². The van der Waals surface area contributed by atoms with Crippen LogP contribution in [0.15, 0.2) is 54.6 Å². The fourth-order valence-electron chi connectivity index (χ4n) is 2.47. The first kappa shape index (κ1) is 18.2. The normalized spacial score (nSPS) is 11.8. The van der Waals surface area contributed by atoms with Crippen molar-refractivity contribution in [1.82, 2.24) is 9.97 Å². The number of aromatic nitrogens is 2. The molecule has 0 aliphatic heterocycles. The molecule has 0 aliphatic carbocycles. The number of nitrogens with one attached hydrogen (secondary N) is 2. The summed E-state index contributed by atoms with van der Waals surface area (Å²) in [6.07, 6.45) is 0. The third-order valence-corrected chi connectivity index (χ3v) is 4.30. The monoisotopic (exact) mass is 368 g/mol. The topological polar surface area (TPSA) is 70.1 Å². The summed E-state index contributed by atoms with van der Waals surface area (Å²) in [5.74, 6) is 1.12. The lowest BCUT2D eigenvalue weighted by Crippen LogP contribution is -2.21. The Morgan fingerprint density at radius 1 is 1.08 bits per heavy atom. The summed E-state index contributed by atoms with van der Waals surface area (Å²) in [7, 11) is 0. The maximum Gasteiger partial charge on any atom is 0.225 e. The molecule has 0 bridgehead atoms. The van der Waals surface area contributed by atoms with Crippen LogP contribution in [0.1, 0.15) is 12.5 Å². The van der Waals surface area contributed by atoms with Crippen molar-refractivity contribution in [2.24, 2.45) is 0 Å². The number of halogens is 1. The zero-order valence-corrected chi connectivity index (χ0v) is 15.5. The van der Waals surface area contributed by atoms with Crippen molar-refractivity contribution in [3.63, 3.8) is 0 Å². The van der Waals surface area contributed by atoms with Crippen molar-refractivity contribution < 1.29 is 5.11 Å². The fourth-order valence-corrected chi connectivity index (χ4v) is 2.59. The Balaban J connectivity index is 1.97. The van der Waals surface area contributed by atoms with Gasteiger partial charge in [0.2, 0.25) is 5.95 Å². The van der Waals surface area contributed by atoms with E-state index in [1.165, 1.54) is 0 Å². The first-order chi connectivity index (χ1) is 12.5. The number of nitrogens with zero attached hydrogens (tertiary/aromatic N) is 2. The molecule has 3 rings (SSSR count). The van der Waals surface area contributed by atoms with Gasteiger partial charge in [-0.2, -0.15) is 4.98 Å². The molecule has 0 radical (unpaired) electrons. The van der Waals surface area contributed by atoms with E-state index in [-0.39, 0.29) is 12.6 Å². The molecule has 26 heavy (non-hydrogen) atoms. The van der Waals surface area contributed by atoms with Gasteiger partial charge >= 0.3 is 0 Å². The molecule has 0 fully saturated rings. The molecule has 1 heterocycles. The number of rotatable bonds is 6. The van der Waals surface area contributed by atoms with Gasteiger partial charge < -0.3 is 15.7 Å². The van der Waals surface area contributed by atoms with E-state index in [1.807, 2.05) is 68.4 Å². The highest BCUT2D eigenvalue weighted by atomic mass is 35.5. The van der Waals surface area contributed by atoms with Crippen LogP contribution in [-0.2, 0) is 0 Å². The zero-order chi connectivity index (χ0) is 18.5. The Morgan fingerprint density at radius 3 is 2.54 bits per heavy atom. The van der Waals surface area contributed by atoms with Gasteiger partial charge in [-0.05, 0) is 37.6 Å². The van der Waals surface area contributed by atoms with Crippen molar-refractivity contribution in [2.45, 2.75) is 19.9 Å². The van der Waals surface area contributed by atoms with E-state index < -0.39 is 0 Å². The number of aliphatic hydroxyl groups is 1. The standard InChI is InChI=1S/C20H21ClN4O/c1-13-10-16(8-9-17(13)21)23-19-11-18(15-6-4-3-5-7-15)24-20(25-19)22-14(2)12-26/h3-11,14,26H,12H2,1-2H3,(H2,22,23,24,25)/t14-/m1/s1. The summed E-state index contributed by atoms with van der Waals surface area (Å²) >= 11 is 6.10. The Labute approximate surface area is 158 Å². The first-order valence-corrected chi connectivity index (χ1v) is 8.78. The average molecular weight is 369 g/mol. The van der Waals surface area contributed by atoms with E-state index in [4.69, 9.17) is 11.6 Å². The summed E-state index contributed by atoms with van der Waals surface area (Å²) in [4.78, 5) is 9.09. The quantitative estimate of drug-likeness (QED) is 0.591. The zero-order valence-electron chi connectivity index (χ0n) is 14.7. The Kier molecular flexibility index (Phi) is 5.71. The maximum absolute atomic E-state index is 9.30. The van der Waals surface area contributed by atoms with Crippen LogP contribution < -0.4 is 10.6 Å². The number of hydrogen-bond donors (Lipinski definition) is 3. The second kappa shape index (κ2) is 8.17. The highest BCUT2D eigenvalue weighted by Gasteiger charge is 2.10. The predicted molar refractivity (Wildman–Crippen MR) is 107 cm³/mol. The van der Waals surface area contributed by atoms with Crippen LogP contribution in [0.4, 0.5) is 17.5 Å². The number of aliphatic hydroxyl groups excluding tert-OH is 1. The van der Waals surface area contributed by atoms with Gasteiger partial charge in [-0.1, -0.05) is 41.9 Å². The van der Waals surface area contributed by atoms with Crippen LogP contribution in [-0.4, -0.2) is 27.7 Å². The van der Waals surface area contributed by atoms with E-state index in [1.54, 1.807) is 0 Å². The van der Waals surface area contributed by atoms with E-state index in [0.717, 1.165) is 27.5 Å². The molecular formula is C20H21ClN4O. The number of aryl methyl sites for hydroxylation is 1. The summed E-state index contributed by atoms with van der Waals surface area (Å²) in [5.41, 5.74) is 3.67. The van der Waals surface area contributed by atoms with Gasteiger partial charge in [0.1, 0.15) is 5.82 Å². The van der Waals surface area contributed by atoms with Crippen LogP contribution in [0.2, 0.25) is 5.02 Å². The molecule has 0 saturated heterocycles. The summed E-state index contributed by atoms with van der Waals surface area (Å²) < 4.78 is 0. The summed E-state index contributed by atoms with van der Waals surface area (Å²) in [5, 5.41) is 16.4. The minimum Gasteiger partial charge on any atom is -0.394 e. The third-order valence-electron chi connectivity index (χ3n) is 3.88. The van der Waals surface area contributed by atoms with Crippen molar-refractivity contribution in [3.8, 4) is 11.3 Å². The van der Waals surface area contributed by atoms with Crippen molar-refractivity contribution in [2.75, 3.05) is 17.2 Å². The number of hydrogen-bond acceptors (Lipinski definition) is 5. The largest absolute Gasteiger partial charge is 0.394 e. The molecule has 1 atom stereocenters. The van der Waals surface area contributed by atoms with E-state index in [0.29, 0.717) is 11.8 Å². The molecule has 0 amide bonds. The van der Waals surface area contributed by atoms with Gasteiger partial charge in [-0.25, -0.2) is 4.98 Å². The first-order valence-electron chi connectivity index (χ1n) is 8.40. The molecule has 0 spiro atoms. The number of anilines is 3. The van der Waals surface area contributed by atoms with Gasteiger partial charge in [0.05, 0.1) is 12.3 Å². The van der Waals surface area contributed by atoms with E-state index in [9.17, 15) is 5.11 Å². The van der Waals surface area contributed by atoms with Gasteiger partial charge in [0.25, 0.3) is 0 Å². The third kappa shape index (κ3) is 4.50. The van der Waals surface area contributed by atoms with Gasteiger partial charge in [0, 0.05) is 28.4 Å². The molecular weight excluding hydrogens is 348 g/mol. The minimum absolute atomic E-state index is 0.00192. The molecule has 134 valence electrons. The SMILES string of the molecule is Cc1cc(Nc2cc(-c3ccccc3)nc(N[C@H](C)CO)n2)ccc1Cl. The molecule has 5 nitrogen and oxygen atoms in total. The molecule has 2 aromatic carbocycles. The van der Waals surface area contributed by atoms with Crippen LogP contribution in [0.5, 0.6) is 0 Å². The van der Waals surface area contributed by atoms with E-state index in [2.05, 4.69) is 20.6 Å². The lowest BCUT2D eigenvalue weighted by Gasteiger charge is -2.14. The van der Waals surface area contributed by atoms with Crippen LogP contribution in [0, 0.1) is 6.92 Å². The molecule has 0 aliphatic rings. The lowest BCUT2D eigenvalue weighted by molar-refractivity contribution is 0.281. The maximum atomic E-state index is 9.30. The molecule has 0 saturated carbocycles. The smallest absolute Gasteiger partial charge is 0.225 e. The van der Waals surface area contributed by atoms with Crippen molar-refractivity contribution >= 4 is 29.1 Å². The highest BCUT2D eigenvalue weighted by molar-refractivity contribution is 6.31. The lowest BCUT2D eigenvalue weighted by atomic mass is 10.1. The number of benzene rings is 2. The molecule has 3 aromatic rings. The van der Waals surface area contributed by atoms with Gasteiger partial charge in [0.15, 0.2) is 0 Å². The second-order valence-corrected chi connectivity index (χ2v) is 6.55. The molecule has 6 heteroatoms. The van der Waals surface area contributed by atoms with Crippen LogP contribution in [0.25, 0.3) is 11.3 Å². The Bertz CT molecular complexity index is 886. The molecule has 3 N–H and O–H groups in total. The molecule has 1 aromatic heterocycles. The van der Waals surface area contributed by atoms with Crippen LogP contribution >= 0.6 is 11.6 Å².